The molecule has 1 aromatic heterocycles. The molecule has 6 nitrogen and oxygen atoms in total. The lowest BCUT2D eigenvalue weighted by Crippen LogP contribution is -2.12. The second-order valence-electron chi connectivity index (χ2n) is 3.71. The summed E-state index contributed by atoms with van der Waals surface area (Å²) in [6.45, 7) is 3.89. The van der Waals surface area contributed by atoms with Crippen LogP contribution in [0.5, 0.6) is 0 Å². The minimum absolute atomic E-state index is 0.00225. The normalized spacial score (nSPS) is 10.5. The molecule has 0 spiro atoms. The molecule has 0 atom stereocenters. The van der Waals surface area contributed by atoms with Gasteiger partial charge in [0.25, 0.3) is 0 Å². The lowest BCUT2D eigenvalue weighted by atomic mass is 10.1. The highest BCUT2D eigenvalue weighted by molar-refractivity contribution is 6.00. The van der Waals surface area contributed by atoms with Gasteiger partial charge >= 0.3 is 11.9 Å². The molecule has 0 aliphatic rings. The molecule has 0 fully saturated rings. The van der Waals surface area contributed by atoms with E-state index in [1.807, 2.05) is 13.8 Å². The van der Waals surface area contributed by atoms with Crippen molar-refractivity contribution in [1.82, 2.24) is 4.98 Å². The number of carbonyl (C=O) groups is 2. The van der Waals surface area contributed by atoms with Gasteiger partial charge in [0.05, 0.1) is 18.3 Å². The fraction of sp³-hybridized carbons (Fsp3) is 0.364. The van der Waals surface area contributed by atoms with Gasteiger partial charge < -0.3 is 14.9 Å². The number of aromatic carboxylic acids is 2. The molecule has 17 heavy (non-hydrogen) atoms. The van der Waals surface area contributed by atoms with Gasteiger partial charge in [0.1, 0.15) is 0 Å². The molecule has 2 N–H and O–H groups in total. The Bertz CT molecular complexity index is 441. The zero-order chi connectivity index (χ0) is 13.0. The van der Waals surface area contributed by atoms with Gasteiger partial charge in [0.15, 0.2) is 5.69 Å². The highest BCUT2D eigenvalue weighted by Gasteiger charge is 2.18. The highest BCUT2D eigenvalue weighted by Crippen LogP contribution is 2.11. The van der Waals surface area contributed by atoms with Crippen LogP contribution in [0.15, 0.2) is 12.3 Å². The maximum absolute atomic E-state index is 10.9. The molecule has 1 heterocycles. The smallest absolute Gasteiger partial charge is 0.355 e. The first-order chi connectivity index (χ1) is 7.91. The van der Waals surface area contributed by atoms with Crippen molar-refractivity contribution < 1.29 is 24.5 Å². The van der Waals surface area contributed by atoms with E-state index in [9.17, 15) is 9.59 Å². The predicted molar refractivity (Wildman–Crippen MR) is 58.1 cm³/mol. The van der Waals surface area contributed by atoms with Crippen molar-refractivity contribution in [1.29, 1.82) is 0 Å². The second kappa shape index (κ2) is 5.40. The molecule has 1 aromatic rings. The Morgan fingerprint density at radius 2 is 2.00 bits per heavy atom. The van der Waals surface area contributed by atoms with Crippen LogP contribution >= 0.6 is 0 Å². The Balaban J connectivity index is 3.02. The Morgan fingerprint density at radius 1 is 1.35 bits per heavy atom. The van der Waals surface area contributed by atoms with Gasteiger partial charge in [-0.3, -0.25) is 0 Å². The van der Waals surface area contributed by atoms with Gasteiger partial charge in [-0.1, -0.05) is 0 Å². The summed E-state index contributed by atoms with van der Waals surface area (Å²) in [5.41, 5.74) is -0.269. The second-order valence-corrected chi connectivity index (χ2v) is 3.71. The van der Waals surface area contributed by atoms with Crippen LogP contribution in [0.1, 0.15) is 40.3 Å². The van der Waals surface area contributed by atoms with Crippen molar-refractivity contribution >= 4 is 11.9 Å². The Hall–Kier alpha value is -1.95. The minimum Gasteiger partial charge on any atom is -0.478 e. The van der Waals surface area contributed by atoms with Gasteiger partial charge in [0, 0.05) is 6.20 Å². The molecule has 0 unspecified atom stereocenters. The lowest BCUT2D eigenvalue weighted by molar-refractivity contribution is 0.0628. The summed E-state index contributed by atoms with van der Waals surface area (Å²) in [5.74, 6) is -2.68. The van der Waals surface area contributed by atoms with E-state index in [1.54, 1.807) is 0 Å². The van der Waals surface area contributed by atoms with Crippen LogP contribution in [0, 0.1) is 0 Å². The molecule has 0 amide bonds. The van der Waals surface area contributed by atoms with Gasteiger partial charge in [0.2, 0.25) is 0 Å². The first kappa shape index (κ1) is 13.1. The zero-order valence-electron chi connectivity index (χ0n) is 9.51. The number of carboxylic acid groups (broad SMARTS) is 2. The van der Waals surface area contributed by atoms with E-state index in [0.717, 1.165) is 0 Å². The molecule has 0 bridgehead atoms. The number of carboxylic acids is 2. The zero-order valence-corrected chi connectivity index (χ0v) is 9.51. The molecule has 92 valence electrons. The number of aromatic nitrogens is 1. The van der Waals surface area contributed by atoms with Crippen LogP contribution < -0.4 is 0 Å². The fourth-order valence-electron chi connectivity index (χ4n) is 1.18. The molecule has 6 heteroatoms. The van der Waals surface area contributed by atoms with Crippen LogP contribution in [0.2, 0.25) is 0 Å². The van der Waals surface area contributed by atoms with E-state index in [2.05, 4.69) is 4.98 Å². The van der Waals surface area contributed by atoms with Crippen molar-refractivity contribution in [2.75, 3.05) is 0 Å². The topological polar surface area (TPSA) is 96.7 Å². The molecular formula is C11H13NO5. The average molecular weight is 239 g/mol. The molecule has 1 rings (SSSR count). The lowest BCUT2D eigenvalue weighted by Gasteiger charge is -2.08. The standard InChI is InChI=1S/C11H13NO5/c1-6(2)17-5-7-3-8(10(13)14)9(11(15)16)12-4-7/h3-4,6H,5H2,1-2H3,(H,13,14)(H,15,16). The van der Waals surface area contributed by atoms with Crippen LogP contribution in [-0.4, -0.2) is 33.2 Å². The number of nitrogens with zero attached hydrogens (tertiary/aromatic N) is 1. The molecular weight excluding hydrogens is 226 g/mol. The summed E-state index contributed by atoms with van der Waals surface area (Å²) in [6, 6.07) is 1.27. The van der Waals surface area contributed by atoms with Crippen LogP contribution in [0.4, 0.5) is 0 Å². The summed E-state index contributed by atoms with van der Waals surface area (Å²) in [7, 11) is 0. The highest BCUT2D eigenvalue weighted by atomic mass is 16.5. The van der Waals surface area contributed by atoms with Crippen LogP contribution in [0.3, 0.4) is 0 Å². The maximum Gasteiger partial charge on any atom is 0.355 e. The Morgan fingerprint density at radius 3 is 2.47 bits per heavy atom. The first-order valence-electron chi connectivity index (χ1n) is 4.99. The van der Waals surface area contributed by atoms with E-state index in [4.69, 9.17) is 14.9 Å². The third kappa shape index (κ3) is 3.53. The summed E-state index contributed by atoms with van der Waals surface area (Å²) in [6.07, 6.45) is 1.31. The number of ether oxygens (including phenoxy) is 1. The summed E-state index contributed by atoms with van der Waals surface area (Å²) < 4.78 is 5.28. The third-order valence-corrected chi connectivity index (χ3v) is 1.96. The third-order valence-electron chi connectivity index (χ3n) is 1.96. The fourth-order valence-corrected chi connectivity index (χ4v) is 1.18. The quantitative estimate of drug-likeness (QED) is 0.806. The average Bonchev–Trinajstić information content (AvgIpc) is 2.25. The van der Waals surface area contributed by atoms with Crippen LogP contribution in [0.25, 0.3) is 0 Å². The van der Waals surface area contributed by atoms with Gasteiger partial charge in [-0.2, -0.15) is 0 Å². The summed E-state index contributed by atoms with van der Waals surface area (Å²) in [5, 5.41) is 17.6. The minimum atomic E-state index is -1.36. The van der Waals surface area contributed by atoms with Gasteiger partial charge in [-0.05, 0) is 25.5 Å². The predicted octanol–water partition coefficient (Wildman–Crippen LogP) is 1.40. The maximum atomic E-state index is 10.9. The van der Waals surface area contributed by atoms with E-state index >= 15 is 0 Å². The van der Waals surface area contributed by atoms with Crippen molar-refractivity contribution in [3.05, 3.63) is 29.1 Å². The monoisotopic (exact) mass is 239 g/mol. The van der Waals surface area contributed by atoms with Crippen molar-refractivity contribution in [2.45, 2.75) is 26.6 Å². The van der Waals surface area contributed by atoms with E-state index < -0.39 is 17.6 Å². The summed E-state index contributed by atoms with van der Waals surface area (Å²) >= 11 is 0. The molecule has 0 aliphatic carbocycles. The van der Waals surface area contributed by atoms with Crippen LogP contribution in [-0.2, 0) is 11.3 Å². The van der Waals surface area contributed by atoms with Gasteiger partial charge in [-0.15, -0.1) is 0 Å². The molecule has 0 saturated carbocycles. The number of hydrogen-bond acceptors (Lipinski definition) is 4. The Labute approximate surface area is 97.9 Å². The van der Waals surface area contributed by atoms with E-state index in [0.29, 0.717) is 5.56 Å². The SMILES string of the molecule is CC(C)OCc1cnc(C(=O)O)c(C(=O)O)c1. The number of rotatable bonds is 5. The van der Waals surface area contributed by atoms with E-state index in [-0.39, 0.29) is 18.3 Å². The largest absolute Gasteiger partial charge is 0.478 e. The molecule has 0 aromatic carbocycles. The first-order valence-corrected chi connectivity index (χ1v) is 4.99. The number of hydrogen-bond donors (Lipinski definition) is 2. The van der Waals surface area contributed by atoms with Gasteiger partial charge in [-0.25, -0.2) is 14.6 Å². The summed E-state index contributed by atoms with van der Waals surface area (Å²) in [4.78, 5) is 25.2. The number of pyridine rings is 1. The molecule has 0 radical (unpaired) electrons. The molecule has 0 aliphatic heterocycles. The van der Waals surface area contributed by atoms with Crippen molar-refractivity contribution in [3.8, 4) is 0 Å². The van der Waals surface area contributed by atoms with Crippen molar-refractivity contribution in [2.24, 2.45) is 0 Å². The van der Waals surface area contributed by atoms with E-state index in [1.165, 1.54) is 12.3 Å². The molecule has 0 saturated heterocycles. The van der Waals surface area contributed by atoms with Crippen molar-refractivity contribution in [3.63, 3.8) is 0 Å². The Kier molecular flexibility index (Phi) is 4.17.